The van der Waals surface area contributed by atoms with Gasteiger partial charge in [0.1, 0.15) is 18.2 Å². The molecular formula is C20H13ClFNO3S. The third-order valence-corrected chi connectivity index (χ3v) is 4.86. The summed E-state index contributed by atoms with van der Waals surface area (Å²) in [6.45, 7) is 0.109. The van der Waals surface area contributed by atoms with Crippen LogP contribution in [0.1, 0.15) is 11.1 Å². The lowest BCUT2D eigenvalue weighted by Gasteiger charge is -2.09. The Labute approximate surface area is 165 Å². The third-order valence-electron chi connectivity index (χ3n) is 3.66. The highest BCUT2D eigenvalue weighted by atomic mass is 35.5. The van der Waals surface area contributed by atoms with Crippen molar-refractivity contribution in [1.82, 2.24) is 4.90 Å². The molecule has 7 heteroatoms. The van der Waals surface area contributed by atoms with E-state index in [9.17, 15) is 14.0 Å². The Morgan fingerprint density at radius 3 is 2.78 bits per heavy atom. The zero-order valence-electron chi connectivity index (χ0n) is 13.9. The number of ether oxygens (including phenoxy) is 1. The van der Waals surface area contributed by atoms with Crippen LogP contribution in [0.3, 0.4) is 0 Å². The van der Waals surface area contributed by atoms with E-state index in [1.54, 1.807) is 36.4 Å². The van der Waals surface area contributed by atoms with E-state index in [4.69, 9.17) is 22.8 Å². The Bertz CT molecular complexity index is 983. The van der Waals surface area contributed by atoms with Crippen molar-refractivity contribution in [2.75, 3.05) is 6.54 Å². The normalized spacial score (nSPS) is 15.3. The van der Waals surface area contributed by atoms with Crippen molar-refractivity contribution in [3.63, 3.8) is 0 Å². The summed E-state index contributed by atoms with van der Waals surface area (Å²) in [5.74, 6) is 1.95. The van der Waals surface area contributed by atoms with Gasteiger partial charge in [0.25, 0.3) is 11.1 Å². The van der Waals surface area contributed by atoms with Crippen molar-refractivity contribution >= 4 is 40.6 Å². The van der Waals surface area contributed by atoms with Gasteiger partial charge in [0.05, 0.1) is 16.5 Å². The molecule has 1 fully saturated rings. The first-order valence-electron chi connectivity index (χ1n) is 7.83. The second-order valence-electron chi connectivity index (χ2n) is 5.58. The van der Waals surface area contributed by atoms with Crippen LogP contribution in [0.25, 0.3) is 6.08 Å². The highest BCUT2D eigenvalue weighted by Gasteiger charge is 2.34. The minimum Gasteiger partial charge on any atom is -0.487 e. The zero-order chi connectivity index (χ0) is 19.4. The van der Waals surface area contributed by atoms with Crippen LogP contribution in [0.5, 0.6) is 5.75 Å². The summed E-state index contributed by atoms with van der Waals surface area (Å²) < 4.78 is 18.8. The highest BCUT2D eigenvalue weighted by molar-refractivity contribution is 8.18. The maximum Gasteiger partial charge on any atom is 0.294 e. The molecular weight excluding hydrogens is 389 g/mol. The van der Waals surface area contributed by atoms with Gasteiger partial charge in [-0.15, -0.1) is 6.42 Å². The summed E-state index contributed by atoms with van der Waals surface area (Å²) in [6.07, 6.45) is 6.74. The Hall–Kier alpha value is -2.75. The summed E-state index contributed by atoms with van der Waals surface area (Å²) in [5, 5.41) is -0.0617. The molecule has 0 saturated carbocycles. The number of benzene rings is 2. The number of terminal acetylenes is 1. The molecule has 3 rings (SSSR count). The number of hydrogen-bond acceptors (Lipinski definition) is 4. The lowest BCUT2D eigenvalue weighted by molar-refractivity contribution is -0.122. The average molecular weight is 402 g/mol. The van der Waals surface area contributed by atoms with E-state index in [1.165, 1.54) is 12.1 Å². The van der Waals surface area contributed by atoms with E-state index in [2.05, 4.69) is 5.92 Å². The van der Waals surface area contributed by atoms with E-state index in [-0.39, 0.29) is 23.9 Å². The number of carbonyl (C=O) groups is 2. The average Bonchev–Trinajstić information content (AvgIpc) is 2.89. The predicted molar refractivity (Wildman–Crippen MR) is 104 cm³/mol. The molecule has 0 aliphatic carbocycles. The first kappa shape index (κ1) is 19.0. The second kappa shape index (κ2) is 8.30. The fourth-order valence-corrected chi connectivity index (χ4v) is 3.47. The molecule has 1 saturated heterocycles. The highest BCUT2D eigenvalue weighted by Crippen LogP contribution is 2.33. The maximum absolute atomic E-state index is 13.2. The van der Waals surface area contributed by atoms with Crippen LogP contribution in [-0.4, -0.2) is 22.6 Å². The van der Waals surface area contributed by atoms with Crippen LogP contribution in [0.4, 0.5) is 9.18 Å². The molecule has 0 unspecified atom stereocenters. The molecule has 0 bridgehead atoms. The molecule has 0 radical (unpaired) electrons. The number of hydrogen-bond donors (Lipinski definition) is 0. The fourth-order valence-electron chi connectivity index (χ4n) is 2.39. The molecule has 27 heavy (non-hydrogen) atoms. The van der Waals surface area contributed by atoms with Crippen LogP contribution in [-0.2, 0) is 11.4 Å². The van der Waals surface area contributed by atoms with Gasteiger partial charge in [-0.25, -0.2) is 4.39 Å². The van der Waals surface area contributed by atoms with Crippen LogP contribution in [0, 0.1) is 18.2 Å². The lowest BCUT2D eigenvalue weighted by atomic mass is 10.2. The topological polar surface area (TPSA) is 46.6 Å². The van der Waals surface area contributed by atoms with Crippen molar-refractivity contribution in [2.24, 2.45) is 0 Å². The number of thioether (sulfide) groups is 1. The van der Waals surface area contributed by atoms with E-state index >= 15 is 0 Å². The molecule has 0 atom stereocenters. The van der Waals surface area contributed by atoms with Crippen molar-refractivity contribution in [3.8, 4) is 18.1 Å². The quantitative estimate of drug-likeness (QED) is 0.537. The van der Waals surface area contributed by atoms with Gasteiger partial charge in [0.2, 0.25) is 0 Å². The molecule has 0 aromatic heterocycles. The Morgan fingerprint density at radius 1 is 1.26 bits per heavy atom. The molecule has 2 amide bonds. The Morgan fingerprint density at radius 2 is 2.07 bits per heavy atom. The number of halogens is 2. The Kier molecular flexibility index (Phi) is 5.84. The molecule has 136 valence electrons. The first-order chi connectivity index (χ1) is 13.0. The number of nitrogens with zero attached hydrogens (tertiary/aromatic N) is 1. The van der Waals surface area contributed by atoms with Crippen LogP contribution >= 0.6 is 23.4 Å². The molecule has 1 aliphatic heterocycles. The first-order valence-corrected chi connectivity index (χ1v) is 9.03. The van der Waals surface area contributed by atoms with Crippen LogP contribution in [0.15, 0.2) is 47.4 Å². The van der Waals surface area contributed by atoms with E-state index in [1.807, 2.05) is 0 Å². The third kappa shape index (κ3) is 4.51. The molecule has 0 spiro atoms. The van der Waals surface area contributed by atoms with Gasteiger partial charge in [0, 0.05) is 0 Å². The molecule has 2 aromatic rings. The number of rotatable bonds is 5. The molecule has 4 nitrogen and oxygen atoms in total. The smallest absolute Gasteiger partial charge is 0.294 e. The van der Waals surface area contributed by atoms with E-state index < -0.39 is 11.1 Å². The molecule has 2 aromatic carbocycles. The SMILES string of the molecule is C#CCN1C(=O)SC(=Cc2ccc(OCc3cccc(F)c3)c(Cl)c2)C1=O. The summed E-state index contributed by atoms with van der Waals surface area (Å²) in [7, 11) is 0. The predicted octanol–water partition coefficient (Wildman–Crippen LogP) is 4.73. The van der Waals surface area contributed by atoms with Crippen LogP contribution < -0.4 is 4.74 Å². The van der Waals surface area contributed by atoms with Gasteiger partial charge in [-0.05, 0) is 53.2 Å². The maximum atomic E-state index is 13.2. The standard InChI is InChI=1S/C20H13ClFNO3S/c1-2-8-23-19(24)18(27-20(23)25)11-13-6-7-17(16(21)10-13)26-12-14-4-3-5-15(22)9-14/h1,3-7,9-11H,8,12H2. The summed E-state index contributed by atoms with van der Waals surface area (Å²) in [4.78, 5) is 25.3. The van der Waals surface area contributed by atoms with Crippen molar-refractivity contribution in [2.45, 2.75) is 6.61 Å². The van der Waals surface area contributed by atoms with Gasteiger partial charge in [-0.1, -0.05) is 35.7 Å². The van der Waals surface area contributed by atoms with Crippen molar-refractivity contribution in [1.29, 1.82) is 0 Å². The summed E-state index contributed by atoms with van der Waals surface area (Å²) in [5.41, 5.74) is 1.32. The van der Waals surface area contributed by atoms with Gasteiger partial charge in [-0.2, -0.15) is 0 Å². The number of carbonyl (C=O) groups excluding carboxylic acids is 2. The zero-order valence-corrected chi connectivity index (χ0v) is 15.5. The molecule has 0 N–H and O–H groups in total. The van der Waals surface area contributed by atoms with Crippen molar-refractivity contribution < 1.29 is 18.7 Å². The second-order valence-corrected chi connectivity index (χ2v) is 6.98. The Balaban J connectivity index is 1.72. The number of amides is 2. The van der Waals surface area contributed by atoms with Gasteiger partial charge < -0.3 is 4.74 Å². The van der Waals surface area contributed by atoms with Gasteiger partial charge in [-0.3, -0.25) is 14.5 Å². The fraction of sp³-hybridized carbons (Fsp3) is 0.100. The van der Waals surface area contributed by atoms with Gasteiger partial charge in [0.15, 0.2) is 0 Å². The number of imide groups is 1. The minimum absolute atomic E-state index is 0.0599. The largest absolute Gasteiger partial charge is 0.487 e. The minimum atomic E-state index is -0.425. The molecule has 1 aliphatic rings. The summed E-state index contributed by atoms with van der Waals surface area (Å²) >= 11 is 7.06. The van der Waals surface area contributed by atoms with E-state index in [0.29, 0.717) is 21.9 Å². The summed E-state index contributed by atoms with van der Waals surface area (Å²) in [6, 6.07) is 11.1. The molecule has 1 heterocycles. The van der Waals surface area contributed by atoms with E-state index in [0.717, 1.165) is 16.7 Å². The van der Waals surface area contributed by atoms with Gasteiger partial charge >= 0.3 is 0 Å². The monoisotopic (exact) mass is 401 g/mol. The van der Waals surface area contributed by atoms with Crippen LogP contribution in [0.2, 0.25) is 5.02 Å². The van der Waals surface area contributed by atoms with Crippen molar-refractivity contribution in [3.05, 3.63) is 69.3 Å². The lowest BCUT2D eigenvalue weighted by Crippen LogP contribution is -2.28.